The Morgan fingerprint density at radius 1 is 1.60 bits per heavy atom. The summed E-state index contributed by atoms with van der Waals surface area (Å²) in [7, 11) is 0. The Morgan fingerprint density at radius 3 is 2.73 bits per heavy atom. The van der Waals surface area contributed by atoms with E-state index in [1.165, 1.54) is 10.9 Å². The smallest absolute Gasteiger partial charge is 0.176 e. The minimum absolute atomic E-state index is 0.00777. The number of ketones is 1. The second-order valence-electron chi connectivity index (χ2n) is 3.07. The lowest BCUT2D eigenvalue weighted by atomic mass is 10.1. The summed E-state index contributed by atoms with van der Waals surface area (Å²) in [5.41, 5.74) is 0.208. The van der Waals surface area contributed by atoms with Crippen molar-refractivity contribution in [2.75, 3.05) is 0 Å². The third-order valence-electron chi connectivity index (χ3n) is 2.24. The SMILES string of the molecule is CCC(=O)C(C)n1cnc(C#N)c1C#N. The van der Waals surface area contributed by atoms with Crippen LogP contribution in [0.25, 0.3) is 0 Å². The van der Waals surface area contributed by atoms with Crippen molar-refractivity contribution in [2.24, 2.45) is 0 Å². The van der Waals surface area contributed by atoms with Gasteiger partial charge in [0.25, 0.3) is 0 Å². The van der Waals surface area contributed by atoms with Crippen molar-refractivity contribution in [1.82, 2.24) is 9.55 Å². The average Bonchev–Trinajstić information content (AvgIpc) is 2.69. The normalized spacial score (nSPS) is 11.5. The molecule has 1 heterocycles. The van der Waals surface area contributed by atoms with Crippen molar-refractivity contribution in [1.29, 1.82) is 10.5 Å². The molecule has 76 valence electrons. The van der Waals surface area contributed by atoms with E-state index in [1.807, 2.05) is 12.1 Å². The van der Waals surface area contributed by atoms with Crippen LogP contribution in [0, 0.1) is 22.7 Å². The van der Waals surface area contributed by atoms with Crippen LogP contribution in [0.3, 0.4) is 0 Å². The first kappa shape index (κ1) is 10.9. The molecule has 1 unspecified atom stereocenters. The molecule has 0 spiro atoms. The second-order valence-corrected chi connectivity index (χ2v) is 3.07. The predicted octanol–water partition coefficient (Wildman–Crippen LogP) is 1.17. The zero-order valence-electron chi connectivity index (χ0n) is 8.56. The fourth-order valence-electron chi connectivity index (χ4n) is 1.30. The van der Waals surface area contributed by atoms with Gasteiger partial charge in [-0.3, -0.25) is 4.79 Å². The zero-order valence-corrected chi connectivity index (χ0v) is 8.56. The Hall–Kier alpha value is -2.14. The fraction of sp³-hybridized carbons (Fsp3) is 0.400. The van der Waals surface area contributed by atoms with Crippen LogP contribution in [0.5, 0.6) is 0 Å². The molecule has 0 bridgehead atoms. The number of carbonyl (C=O) groups excluding carboxylic acids is 1. The highest BCUT2D eigenvalue weighted by molar-refractivity contribution is 5.82. The molecule has 0 N–H and O–H groups in total. The molecule has 1 rings (SSSR count). The lowest BCUT2D eigenvalue weighted by Gasteiger charge is -2.11. The lowest BCUT2D eigenvalue weighted by Crippen LogP contribution is -2.16. The average molecular weight is 202 g/mol. The van der Waals surface area contributed by atoms with Crippen molar-refractivity contribution in [2.45, 2.75) is 26.3 Å². The molecule has 0 amide bonds. The zero-order chi connectivity index (χ0) is 11.4. The van der Waals surface area contributed by atoms with Gasteiger partial charge in [0, 0.05) is 6.42 Å². The molecular weight excluding hydrogens is 192 g/mol. The van der Waals surface area contributed by atoms with Crippen LogP contribution in [-0.2, 0) is 4.79 Å². The predicted molar refractivity (Wildman–Crippen MR) is 51.7 cm³/mol. The highest BCUT2D eigenvalue weighted by Gasteiger charge is 2.18. The maximum Gasteiger partial charge on any atom is 0.176 e. The van der Waals surface area contributed by atoms with Crippen LogP contribution in [0.15, 0.2) is 6.33 Å². The molecule has 0 aromatic carbocycles. The van der Waals surface area contributed by atoms with E-state index in [4.69, 9.17) is 10.5 Å². The third-order valence-corrected chi connectivity index (χ3v) is 2.24. The van der Waals surface area contributed by atoms with Gasteiger partial charge in [0.2, 0.25) is 0 Å². The van der Waals surface area contributed by atoms with E-state index in [-0.39, 0.29) is 17.2 Å². The molecule has 0 fully saturated rings. The number of imidazole rings is 1. The van der Waals surface area contributed by atoms with Gasteiger partial charge in [0.15, 0.2) is 17.2 Å². The number of nitrogens with zero attached hydrogens (tertiary/aromatic N) is 4. The first-order valence-electron chi connectivity index (χ1n) is 4.55. The molecule has 0 aliphatic heterocycles. The molecule has 0 saturated heterocycles. The van der Waals surface area contributed by atoms with Crippen molar-refractivity contribution in [3.05, 3.63) is 17.7 Å². The van der Waals surface area contributed by atoms with Gasteiger partial charge in [0.1, 0.15) is 12.1 Å². The number of carbonyl (C=O) groups is 1. The minimum Gasteiger partial charge on any atom is -0.311 e. The molecule has 1 aromatic heterocycles. The number of aromatic nitrogens is 2. The van der Waals surface area contributed by atoms with E-state index < -0.39 is 6.04 Å². The molecule has 5 heteroatoms. The quantitative estimate of drug-likeness (QED) is 0.736. The summed E-state index contributed by atoms with van der Waals surface area (Å²) < 4.78 is 1.43. The first-order chi connectivity index (χ1) is 7.15. The van der Waals surface area contributed by atoms with Gasteiger partial charge in [0.05, 0.1) is 12.4 Å². The maximum absolute atomic E-state index is 11.4. The molecule has 1 atom stereocenters. The second kappa shape index (κ2) is 4.39. The standard InChI is InChI=1S/C10H10N4O/c1-3-10(15)7(2)14-6-13-8(4-11)9(14)5-12/h6-7H,3H2,1-2H3. The summed E-state index contributed by atoms with van der Waals surface area (Å²) in [5.74, 6) is 0.00777. The van der Waals surface area contributed by atoms with Crippen molar-refractivity contribution < 1.29 is 4.79 Å². The van der Waals surface area contributed by atoms with Crippen LogP contribution < -0.4 is 0 Å². The Morgan fingerprint density at radius 2 is 2.27 bits per heavy atom. The Kier molecular flexibility index (Phi) is 3.20. The van der Waals surface area contributed by atoms with Gasteiger partial charge in [-0.2, -0.15) is 10.5 Å². The number of Topliss-reactive ketones (excluding diaryl/α,β-unsaturated/α-hetero) is 1. The Balaban J connectivity index is 3.18. The number of rotatable bonds is 3. The molecule has 5 nitrogen and oxygen atoms in total. The van der Waals surface area contributed by atoms with Gasteiger partial charge < -0.3 is 4.57 Å². The lowest BCUT2D eigenvalue weighted by molar-refractivity contribution is -0.121. The molecule has 1 aromatic rings. The van der Waals surface area contributed by atoms with Crippen LogP contribution >= 0.6 is 0 Å². The highest BCUT2D eigenvalue weighted by atomic mass is 16.1. The van der Waals surface area contributed by atoms with E-state index in [2.05, 4.69) is 4.98 Å². The van der Waals surface area contributed by atoms with Gasteiger partial charge in [-0.05, 0) is 6.92 Å². The summed E-state index contributed by atoms with van der Waals surface area (Å²) in [5, 5.41) is 17.5. The Bertz CT molecular complexity index is 461. The first-order valence-corrected chi connectivity index (χ1v) is 4.55. The molecule has 0 radical (unpaired) electrons. The van der Waals surface area contributed by atoms with Crippen molar-refractivity contribution >= 4 is 5.78 Å². The molecular formula is C10H10N4O. The summed E-state index contributed by atoms with van der Waals surface area (Å²) in [6, 6.07) is 3.25. The summed E-state index contributed by atoms with van der Waals surface area (Å²) in [6.07, 6.45) is 1.75. The van der Waals surface area contributed by atoms with Crippen LogP contribution in [-0.4, -0.2) is 15.3 Å². The van der Waals surface area contributed by atoms with Gasteiger partial charge in [-0.1, -0.05) is 6.92 Å². The highest BCUT2D eigenvalue weighted by Crippen LogP contribution is 2.14. The van der Waals surface area contributed by atoms with E-state index in [1.54, 1.807) is 13.8 Å². The monoisotopic (exact) mass is 202 g/mol. The number of hydrogen-bond acceptors (Lipinski definition) is 4. The maximum atomic E-state index is 11.4. The topological polar surface area (TPSA) is 82.5 Å². The molecule has 0 aliphatic carbocycles. The van der Waals surface area contributed by atoms with Gasteiger partial charge >= 0.3 is 0 Å². The van der Waals surface area contributed by atoms with Crippen molar-refractivity contribution in [3.63, 3.8) is 0 Å². The third kappa shape index (κ3) is 1.87. The number of hydrogen-bond donors (Lipinski definition) is 0. The summed E-state index contributed by atoms with van der Waals surface area (Å²) >= 11 is 0. The van der Waals surface area contributed by atoms with Gasteiger partial charge in [-0.25, -0.2) is 4.98 Å². The summed E-state index contributed by atoms with van der Waals surface area (Å²) in [6.45, 7) is 3.45. The molecule has 0 aliphatic rings. The van der Waals surface area contributed by atoms with Crippen LogP contribution in [0.1, 0.15) is 37.7 Å². The van der Waals surface area contributed by atoms with E-state index in [0.29, 0.717) is 6.42 Å². The van der Waals surface area contributed by atoms with E-state index in [9.17, 15) is 4.79 Å². The van der Waals surface area contributed by atoms with Crippen LogP contribution in [0.2, 0.25) is 0 Å². The van der Waals surface area contributed by atoms with Crippen molar-refractivity contribution in [3.8, 4) is 12.1 Å². The minimum atomic E-state index is -0.445. The molecule has 15 heavy (non-hydrogen) atoms. The van der Waals surface area contributed by atoms with E-state index in [0.717, 1.165) is 0 Å². The number of nitriles is 2. The molecule has 0 saturated carbocycles. The van der Waals surface area contributed by atoms with E-state index >= 15 is 0 Å². The largest absolute Gasteiger partial charge is 0.311 e. The van der Waals surface area contributed by atoms with Crippen LogP contribution in [0.4, 0.5) is 0 Å². The Labute approximate surface area is 87.6 Å². The summed E-state index contributed by atoms with van der Waals surface area (Å²) in [4.78, 5) is 15.2. The fourth-order valence-corrected chi connectivity index (χ4v) is 1.30. The van der Waals surface area contributed by atoms with Gasteiger partial charge in [-0.15, -0.1) is 0 Å².